The molecule has 0 aromatic heterocycles. The monoisotopic (exact) mass is 312 g/mol. The van der Waals surface area contributed by atoms with Gasteiger partial charge in [-0.25, -0.2) is 0 Å². The number of amides is 1. The topological polar surface area (TPSA) is 32.3 Å². The second-order valence-electron chi connectivity index (χ2n) is 7.83. The molecule has 4 rings (SSSR count). The first kappa shape index (κ1) is 15.2. The zero-order valence-electron chi connectivity index (χ0n) is 13.9. The molecule has 0 spiro atoms. The summed E-state index contributed by atoms with van der Waals surface area (Å²) in [4.78, 5) is 15.0. The maximum atomic E-state index is 12.6. The van der Waals surface area contributed by atoms with E-state index >= 15 is 0 Å². The van der Waals surface area contributed by atoms with Gasteiger partial charge >= 0.3 is 0 Å². The molecule has 23 heavy (non-hydrogen) atoms. The van der Waals surface area contributed by atoms with Crippen LogP contribution in [0.1, 0.15) is 44.1 Å². The average molecular weight is 312 g/mol. The van der Waals surface area contributed by atoms with Crippen molar-refractivity contribution in [3.05, 3.63) is 35.9 Å². The van der Waals surface area contributed by atoms with Crippen molar-refractivity contribution in [2.24, 2.45) is 17.8 Å². The van der Waals surface area contributed by atoms with E-state index in [1.807, 2.05) is 0 Å². The number of fused-ring (bicyclic) bond motifs is 2. The first-order valence-corrected chi connectivity index (χ1v) is 9.34. The highest BCUT2D eigenvalue weighted by Gasteiger charge is 2.40. The maximum Gasteiger partial charge on any atom is 0.223 e. The van der Waals surface area contributed by atoms with Crippen LogP contribution in [-0.2, 0) is 11.3 Å². The van der Waals surface area contributed by atoms with Crippen molar-refractivity contribution in [3.63, 3.8) is 0 Å². The molecule has 1 aromatic carbocycles. The van der Waals surface area contributed by atoms with Gasteiger partial charge in [-0.15, -0.1) is 0 Å². The molecule has 1 N–H and O–H groups in total. The number of hydrogen-bond acceptors (Lipinski definition) is 2. The van der Waals surface area contributed by atoms with E-state index < -0.39 is 0 Å². The Balaban J connectivity index is 1.24. The Morgan fingerprint density at radius 1 is 1.04 bits per heavy atom. The number of piperidine rings is 1. The average Bonchev–Trinajstić information content (AvgIpc) is 3.19. The van der Waals surface area contributed by atoms with Gasteiger partial charge in [-0.1, -0.05) is 36.8 Å². The third-order valence-electron chi connectivity index (χ3n) is 6.27. The van der Waals surface area contributed by atoms with Gasteiger partial charge in [-0.3, -0.25) is 9.69 Å². The van der Waals surface area contributed by atoms with Gasteiger partial charge in [-0.05, 0) is 62.6 Å². The number of rotatable bonds is 4. The van der Waals surface area contributed by atoms with Crippen molar-refractivity contribution in [2.45, 2.75) is 51.1 Å². The van der Waals surface area contributed by atoms with Crippen molar-refractivity contribution in [3.8, 4) is 0 Å². The van der Waals surface area contributed by atoms with Crippen LogP contribution in [0.15, 0.2) is 30.3 Å². The molecule has 1 aromatic rings. The normalized spacial score (nSPS) is 31.4. The summed E-state index contributed by atoms with van der Waals surface area (Å²) < 4.78 is 0. The van der Waals surface area contributed by atoms with Crippen molar-refractivity contribution in [1.82, 2.24) is 10.2 Å². The van der Waals surface area contributed by atoms with Gasteiger partial charge in [0.25, 0.3) is 0 Å². The Morgan fingerprint density at radius 2 is 1.83 bits per heavy atom. The van der Waals surface area contributed by atoms with E-state index in [9.17, 15) is 4.79 Å². The Hall–Kier alpha value is -1.35. The van der Waals surface area contributed by atoms with Crippen LogP contribution in [0.4, 0.5) is 0 Å². The number of nitrogens with zero attached hydrogens (tertiary/aromatic N) is 1. The van der Waals surface area contributed by atoms with Crippen LogP contribution in [0.2, 0.25) is 0 Å². The van der Waals surface area contributed by atoms with Crippen molar-refractivity contribution < 1.29 is 4.79 Å². The molecular weight excluding hydrogens is 284 g/mol. The zero-order chi connectivity index (χ0) is 15.6. The quantitative estimate of drug-likeness (QED) is 0.926. The van der Waals surface area contributed by atoms with Crippen LogP contribution in [0.3, 0.4) is 0 Å². The molecule has 124 valence electrons. The molecule has 2 saturated carbocycles. The fourth-order valence-corrected chi connectivity index (χ4v) is 4.92. The molecule has 1 saturated heterocycles. The molecule has 0 unspecified atom stereocenters. The molecule has 3 fully saturated rings. The van der Waals surface area contributed by atoms with E-state index in [0.717, 1.165) is 44.3 Å². The molecule has 3 aliphatic rings. The number of hydrogen-bond donors (Lipinski definition) is 1. The third kappa shape index (κ3) is 3.45. The standard InChI is InChI=1S/C20H28N2O/c23-20(21-19-13-16-6-7-18(19)12-16)17-8-10-22(11-9-17)14-15-4-2-1-3-5-15/h1-5,16-19H,6-14H2,(H,21,23)/t16-,18-,19-/m1/s1. The van der Waals surface area contributed by atoms with Gasteiger partial charge in [-0.2, -0.15) is 0 Å². The highest BCUT2D eigenvalue weighted by molar-refractivity contribution is 5.79. The van der Waals surface area contributed by atoms with Crippen LogP contribution in [0, 0.1) is 17.8 Å². The van der Waals surface area contributed by atoms with Crippen LogP contribution >= 0.6 is 0 Å². The smallest absolute Gasteiger partial charge is 0.223 e. The summed E-state index contributed by atoms with van der Waals surface area (Å²) in [6.45, 7) is 3.11. The number of benzene rings is 1. The van der Waals surface area contributed by atoms with E-state index in [-0.39, 0.29) is 5.92 Å². The first-order chi connectivity index (χ1) is 11.3. The molecule has 1 heterocycles. The summed E-state index contributed by atoms with van der Waals surface area (Å²) in [5.74, 6) is 2.25. The summed E-state index contributed by atoms with van der Waals surface area (Å²) in [5.41, 5.74) is 1.37. The summed E-state index contributed by atoms with van der Waals surface area (Å²) >= 11 is 0. The van der Waals surface area contributed by atoms with Crippen molar-refractivity contribution >= 4 is 5.91 Å². The van der Waals surface area contributed by atoms with E-state index in [1.54, 1.807) is 0 Å². The van der Waals surface area contributed by atoms with E-state index in [1.165, 1.54) is 31.2 Å². The van der Waals surface area contributed by atoms with E-state index in [2.05, 4.69) is 40.5 Å². The predicted molar refractivity (Wildman–Crippen MR) is 91.8 cm³/mol. The molecule has 3 nitrogen and oxygen atoms in total. The number of likely N-dealkylation sites (tertiary alicyclic amines) is 1. The van der Waals surface area contributed by atoms with Crippen LogP contribution in [-0.4, -0.2) is 29.9 Å². The zero-order valence-corrected chi connectivity index (χ0v) is 13.9. The van der Waals surface area contributed by atoms with Gasteiger partial charge in [0, 0.05) is 18.5 Å². The Labute approximate surface area is 139 Å². The second-order valence-corrected chi connectivity index (χ2v) is 7.83. The number of carbonyl (C=O) groups is 1. The largest absolute Gasteiger partial charge is 0.353 e. The molecular formula is C20H28N2O. The minimum atomic E-state index is 0.237. The lowest BCUT2D eigenvalue weighted by Crippen LogP contribution is -2.45. The molecule has 0 radical (unpaired) electrons. The summed E-state index contributed by atoms with van der Waals surface area (Å²) in [7, 11) is 0. The maximum absolute atomic E-state index is 12.6. The minimum Gasteiger partial charge on any atom is -0.353 e. The van der Waals surface area contributed by atoms with Crippen LogP contribution < -0.4 is 5.32 Å². The molecule has 2 aliphatic carbocycles. The lowest BCUT2D eigenvalue weighted by atomic mass is 9.92. The van der Waals surface area contributed by atoms with Gasteiger partial charge in [0.15, 0.2) is 0 Å². The van der Waals surface area contributed by atoms with Gasteiger partial charge in [0.1, 0.15) is 0 Å². The SMILES string of the molecule is O=C(N[C@@H]1C[C@@H]2CC[C@@H]1C2)C1CCN(Cc2ccccc2)CC1. The molecule has 1 amide bonds. The predicted octanol–water partition coefficient (Wildman–Crippen LogP) is 3.20. The lowest BCUT2D eigenvalue weighted by molar-refractivity contribution is -0.127. The van der Waals surface area contributed by atoms with Crippen LogP contribution in [0.25, 0.3) is 0 Å². The fourth-order valence-electron chi connectivity index (χ4n) is 4.92. The Morgan fingerprint density at radius 3 is 2.48 bits per heavy atom. The summed E-state index contributed by atoms with van der Waals surface area (Å²) in [6, 6.07) is 11.1. The highest BCUT2D eigenvalue weighted by atomic mass is 16.2. The van der Waals surface area contributed by atoms with Crippen molar-refractivity contribution in [2.75, 3.05) is 13.1 Å². The molecule has 2 bridgehead atoms. The van der Waals surface area contributed by atoms with Crippen molar-refractivity contribution in [1.29, 1.82) is 0 Å². The molecule has 3 atom stereocenters. The summed E-state index contributed by atoms with van der Waals surface area (Å²) in [6.07, 6.45) is 7.36. The number of carbonyl (C=O) groups excluding carboxylic acids is 1. The lowest BCUT2D eigenvalue weighted by Gasteiger charge is -2.32. The van der Waals surface area contributed by atoms with E-state index in [4.69, 9.17) is 0 Å². The van der Waals surface area contributed by atoms with Gasteiger partial charge in [0.2, 0.25) is 5.91 Å². The second kappa shape index (κ2) is 6.64. The Bertz CT molecular complexity index is 536. The van der Waals surface area contributed by atoms with Crippen LogP contribution in [0.5, 0.6) is 0 Å². The number of nitrogens with one attached hydrogen (secondary N) is 1. The molecule has 3 heteroatoms. The van der Waals surface area contributed by atoms with E-state index in [0.29, 0.717) is 11.9 Å². The van der Waals surface area contributed by atoms with Gasteiger partial charge < -0.3 is 5.32 Å². The summed E-state index contributed by atoms with van der Waals surface area (Å²) in [5, 5.41) is 3.39. The Kier molecular flexibility index (Phi) is 4.39. The fraction of sp³-hybridized carbons (Fsp3) is 0.650. The minimum absolute atomic E-state index is 0.237. The molecule has 1 aliphatic heterocycles. The highest BCUT2D eigenvalue weighted by Crippen LogP contribution is 2.44. The first-order valence-electron chi connectivity index (χ1n) is 9.34. The van der Waals surface area contributed by atoms with Gasteiger partial charge in [0.05, 0.1) is 0 Å². The third-order valence-corrected chi connectivity index (χ3v) is 6.27.